The van der Waals surface area contributed by atoms with Crippen LogP contribution >= 0.6 is 15.9 Å². The second kappa shape index (κ2) is 14.4. The number of alkyl halides is 7. The standard InChI is InChI=1S/C26H31BrF6O9/c1-16(34)39-12-23(4,20(36)38-5)13-41-21(37)42-15-25(30,31)26(32,33)24(28,29)14-40-19(35)22(2,3)11-18(27)17-9-7-6-8-10-17/h6-10,18H,11-15H2,1-5H3/t18?,23-/m1/s1. The fourth-order valence-electron chi connectivity index (χ4n) is 3.19. The molecule has 0 saturated heterocycles. The molecular formula is C26H31BrF6O9. The van der Waals surface area contributed by atoms with Gasteiger partial charge >= 0.3 is 41.8 Å². The van der Waals surface area contributed by atoms with Crippen molar-refractivity contribution < 1.29 is 69.2 Å². The lowest BCUT2D eigenvalue weighted by Crippen LogP contribution is -2.58. The summed E-state index contributed by atoms with van der Waals surface area (Å²) in [5.41, 5.74) is -2.60. The molecule has 0 N–H and O–H groups in total. The number of ether oxygens (including phenoxy) is 5. The number of hydrogen-bond donors (Lipinski definition) is 0. The molecule has 16 heteroatoms. The summed E-state index contributed by atoms with van der Waals surface area (Å²) < 4.78 is 107. The van der Waals surface area contributed by atoms with Crippen LogP contribution in [0.1, 0.15) is 44.5 Å². The summed E-state index contributed by atoms with van der Waals surface area (Å²) in [6, 6.07) is 8.61. The van der Waals surface area contributed by atoms with Crippen molar-refractivity contribution in [1.82, 2.24) is 0 Å². The predicted molar refractivity (Wildman–Crippen MR) is 136 cm³/mol. The largest absolute Gasteiger partial charge is 0.508 e. The van der Waals surface area contributed by atoms with Crippen LogP contribution in [0.15, 0.2) is 30.3 Å². The molecular weight excluding hydrogens is 650 g/mol. The Hall–Kier alpha value is -3.04. The maximum absolute atomic E-state index is 14.3. The first-order chi connectivity index (χ1) is 19.1. The Balaban J connectivity index is 2.80. The fourth-order valence-corrected chi connectivity index (χ4v) is 4.30. The molecule has 0 heterocycles. The number of methoxy groups -OCH3 is 1. The average Bonchev–Trinajstić information content (AvgIpc) is 2.92. The quantitative estimate of drug-likeness (QED) is 0.0969. The van der Waals surface area contributed by atoms with E-state index in [9.17, 15) is 45.5 Å². The molecule has 238 valence electrons. The monoisotopic (exact) mass is 680 g/mol. The summed E-state index contributed by atoms with van der Waals surface area (Å²) in [5.74, 6) is -20.6. The van der Waals surface area contributed by atoms with Crippen molar-refractivity contribution in [3.05, 3.63) is 35.9 Å². The highest BCUT2D eigenvalue weighted by Crippen LogP contribution is 2.46. The van der Waals surface area contributed by atoms with Gasteiger partial charge in [-0.25, -0.2) is 4.79 Å². The van der Waals surface area contributed by atoms with Crippen LogP contribution in [-0.2, 0) is 38.1 Å². The van der Waals surface area contributed by atoms with Crippen LogP contribution in [0.5, 0.6) is 0 Å². The van der Waals surface area contributed by atoms with E-state index >= 15 is 0 Å². The summed E-state index contributed by atoms with van der Waals surface area (Å²) in [4.78, 5) is 46.6. The number of benzene rings is 1. The van der Waals surface area contributed by atoms with Gasteiger partial charge in [-0.05, 0) is 32.8 Å². The molecule has 0 aliphatic carbocycles. The lowest BCUT2D eigenvalue weighted by Gasteiger charge is -2.33. The average molecular weight is 681 g/mol. The summed E-state index contributed by atoms with van der Waals surface area (Å²) in [6.45, 7) is -1.92. The van der Waals surface area contributed by atoms with Crippen LogP contribution in [-0.4, -0.2) is 75.4 Å². The van der Waals surface area contributed by atoms with Gasteiger partial charge in [0.05, 0.1) is 12.5 Å². The summed E-state index contributed by atoms with van der Waals surface area (Å²) >= 11 is 3.34. The third kappa shape index (κ3) is 9.76. The van der Waals surface area contributed by atoms with Gasteiger partial charge < -0.3 is 23.7 Å². The molecule has 42 heavy (non-hydrogen) atoms. The van der Waals surface area contributed by atoms with Crippen molar-refractivity contribution in [2.75, 3.05) is 33.5 Å². The van der Waals surface area contributed by atoms with Crippen molar-refractivity contribution in [2.45, 2.75) is 56.7 Å². The molecule has 1 aromatic carbocycles. The minimum atomic E-state index is -6.15. The summed E-state index contributed by atoms with van der Waals surface area (Å²) in [6.07, 6.45) is -2.04. The maximum atomic E-state index is 14.3. The van der Waals surface area contributed by atoms with Crippen molar-refractivity contribution >= 4 is 40.0 Å². The van der Waals surface area contributed by atoms with Crippen LogP contribution < -0.4 is 0 Å². The lowest BCUT2D eigenvalue weighted by atomic mass is 9.86. The molecule has 0 aliphatic rings. The normalized spacial score (nSPS) is 14.7. The minimum absolute atomic E-state index is 0.0141. The topological polar surface area (TPSA) is 114 Å². The number of rotatable bonds is 15. The second-order valence-corrected chi connectivity index (χ2v) is 11.3. The SMILES string of the molecule is COC(=O)[C@](C)(COC(C)=O)COC(=O)OCC(F)(F)C(F)(F)C(F)(F)COC(=O)C(C)(C)CC(Br)c1ccccc1. The molecule has 0 fully saturated rings. The molecule has 0 bridgehead atoms. The number of hydrogen-bond acceptors (Lipinski definition) is 9. The lowest BCUT2D eigenvalue weighted by molar-refractivity contribution is -0.324. The third-order valence-electron chi connectivity index (χ3n) is 5.86. The van der Waals surface area contributed by atoms with Gasteiger partial charge in [-0.3, -0.25) is 14.4 Å². The first-order valence-electron chi connectivity index (χ1n) is 12.1. The fraction of sp³-hybridized carbons (Fsp3) is 0.615. The van der Waals surface area contributed by atoms with Gasteiger partial charge in [0.15, 0.2) is 13.2 Å². The Labute approximate surface area is 246 Å². The van der Waals surface area contributed by atoms with Gasteiger partial charge in [0.1, 0.15) is 18.6 Å². The molecule has 1 unspecified atom stereocenters. The van der Waals surface area contributed by atoms with E-state index in [0.29, 0.717) is 0 Å². The number of esters is 3. The molecule has 0 spiro atoms. The van der Waals surface area contributed by atoms with Crippen LogP contribution in [0.4, 0.5) is 31.1 Å². The highest BCUT2D eigenvalue weighted by atomic mass is 79.9. The molecule has 2 atom stereocenters. The zero-order valence-electron chi connectivity index (χ0n) is 23.3. The first kappa shape index (κ1) is 37.0. The van der Waals surface area contributed by atoms with Crippen molar-refractivity contribution in [3.63, 3.8) is 0 Å². The number of carbonyl (C=O) groups is 4. The summed E-state index contributed by atoms with van der Waals surface area (Å²) in [5, 5.41) is 0. The zero-order valence-corrected chi connectivity index (χ0v) is 24.9. The van der Waals surface area contributed by atoms with Crippen LogP contribution in [0.2, 0.25) is 0 Å². The highest BCUT2D eigenvalue weighted by Gasteiger charge is 2.72. The molecule has 1 aromatic rings. The van der Waals surface area contributed by atoms with Gasteiger partial charge in [0.25, 0.3) is 0 Å². The van der Waals surface area contributed by atoms with E-state index in [0.717, 1.165) is 26.5 Å². The van der Waals surface area contributed by atoms with E-state index in [4.69, 9.17) is 0 Å². The maximum Gasteiger partial charge on any atom is 0.508 e. The molecule has 0 aromatic heterocycles. The van der Waals surface area contributed by atoms with Gasteiger partial charge in [0, 0.05) is 11.8 Å². The van der Waals surface area contributed by atoms with E-state index in [-0.39, 0.29) is 6.42 Å². The second-order valence-electron chi connectivity index (χ2n) is 10.2. The highest BCUT2D eigenvalue weighted by molar-refractivity contribution is 9.09. The van der Waals surface area contributed by atoms with Crippen LogP contribution in [0.3, 0.4) is 0 Å². The molecule has 1 rings (SSSR count). The number of halogens is 7. The van der Waals surface area contributed by atoms with Crippen LogP contribution in [0.25, 0.3) is 0 Å². The van der Waals surface area contributed by atoms with E-state index in [1.54, 1.807) is 30.3 Å². The molecule has 0 amide bonds. The van der Waals surface area contributed by atoms with E-state index < -0.39 is 83.9 Å². The molecule has 9 nitrogen and oxygen atoms in total. The predicted octanol–water partition coefficient (Wildman–Crippen LogP) is 5.88. The summed E-state index contributed by atoms with van der Waals surface area (Å²) in [7, 11) is 0.941. The van der Waals surface area contributed by atoms with Gasteiger partial charge in [-0.1, -0.05) is 46.3 Å². The van der Waals surface area contributed by atoms with E-state index in [2.05, 4.69) is 39.6 Å². The van der Waals surface area contributed by atoms with E-state index in [1.807, 2.05) is 0 Å². The van der Waals surface area contributed by atoms with Gasteiger partial charge in [-0.15, -0.1) is 0 Å². The smallest absolute Gasteiger partial charge is 0.468 e. The van der Waals surface area contributed by atoms with Crippen molar-refractivity contribution in [2.24, 2.45) is 10.8 Å². The third-order valence-corrected chi connectivity index (χ3v) is 6.71. The molecule has 0 aliphatic heterocycles. The molecule has 0 saturated carbocycles. The first-order valence-corrected chi connectivity index (χ1v) is 13.0. The Bertz CT molecular complexity index is 1100. The Morgan fingerprint density at radius 3 is 1.74 bits per heavy atom. The number of carbonyl (C=O) groups excluding carboxylic acids is 4. The van der Waals surface area contributed by atoms with Gasteiger partial charge in [0.2, 0.25) is 0 Å². The molecule has 0 radical (unpaired) electrons. The zero-order chi connectivity index (χ0) is 32.6. The van der Waals surface area contributed by atoms with Crippen molar-refractivity contribution in [3.8, 4) is 0 Å². The van der Waals surface area contributed by atoms with Crippen molar-refractivity contribution in [1.29, 1.82) is 0 Å². The Morgan fingerprint density at radius 1 is 0.762 bits per heavy atom. The van der Waals surface area contributed by atoms with E-state index in [1.165, 1.54) is 13.8 Å². The minimum Gasteiger partial charge on any atom is -0.468 e. The van der Waals surface area contributed by atoms with Gasteiger partial charge in [-0.2, -0.15) is 26.3 Å². The Kier molecular flexibility index (Phi) is 12.7. The Morgan fingerprint density at radius 2 is 1.24 bits per heavy atom. The van der Waals surface area contributed by atoms with Crippen LogP contribution in [0, 0.1) is 10.8 Å².